The zero-order valence-electron chi connectivity index (χ0n) is 16.0. The molecule has 0 aliphatic carbocycles. The molecular formula is C18H23N3O7S. The summed E-state index contributed by atoms with van der Waals surface area (Å²) >= 11 is 0. The first-order chi connectivity index (χ1) is 13.6. The van der Waals surface area contributed by atoms with Crippen LogP contribution in [0.5, 0.6) is 0 Å². The molecule has 29 heavy (non-hydrogen) atoms. The summed E-state index contributed by atoms with van der Waals surface area (Å²) in [6.07, 6.45) is 0.555. The second-order valence-electron chi connectivity index (χ2n) is 6.63. The number of fused-ring (bicyclic) bond motifs is 1. The number of benzene rings is 1. The first-order valence-corrected chi connectivity index (χ1v) is 10.6. The summed E-state index contributed by atoms with van der Waals surface area (Å²) in [6.45, 7) is 2.26. The van der Waals surface area contributed by atoms with Crippen molar-refractivity contribution in [2.45, 2.75) is 32.4 Å². The maximum absolute atomic E-state index is 12.5. The van der Waals surface area contributed by atoms with Crippen molar-refractivity contribution < 1.29 is 32.7 Å². The molecule has 0 aromatic heterocycles. The Hall–Kier alpha value is -2.79. The van der Waals surface area contributed by atoms with E-state index in [0.29, 0.717) is 18.5 Å². The van der Waals surface area contributed by atoms with Gasteiger partial charge in [-0.05, 0) is 31.9 Å². The van der Waals surface area contributed by atoms with Crippen LogP contribution in [-0.2, 0) is 30.8 Å². The van der Waals surface area contributed by atoms with Gasteiger partial charge in [-0.3, -0.25) is 19.2 Å². The molecule has 1 aliphatic rings. The lowest BCUT2D eigenvalue weighted by molar-refractivity contribution is -0.142. The Labute approximate surface area is 168 Å². The maximum atomic E-state index is 12.5. The van der Waals surface area contributed by atoms with Gasteiger partial charge < -0.3 is 15.3 Å². The maximum Gasteiger partial charge on any atom is 0.324 e. The van der Waals surface area contributed by atoms with Crippen molar-refractivity contribution in [3.63, 3.8) is 0 Å². The number of carbonyl (C=O) groups is 4. The van der Waals surface area contributed by atoms with Crippen LogP contribution >= 0.6 is 0 Å². The van der Waals surface area contributed by atoms with Crippen molar-refractivity contribution in [3.05, 3.63) is 35.4 Å². The number of hydrogen-bond donors (Lipinski definition) is 3. The Morgan fingerprint density at radius 1 is 1.21 bits per heavy atom. The first kappa shape index (κ1) is 22.5. The van der Waals surface area contributed by atoms with Gasteiger partial charge in [0.05, 0.1) is 12.3 Å². The van der Waals surface area contributed by atoms with Gasteiger partial charge in [0.25, 0.3) is 5.91 Å². The van der Waals surface area contributed by atoms with Crippen LogP contribution < -0.4 is 10.0 Å². The molecule has 0 saturated heterocycles. The van der Waals surface area contributed by atoms with Crippen LogP contribution in [0, 0.1) is 0 Å². The average Bonchev–Trinajstić information content (AvgIpc) is 2.66. The van der Waals surface area contributed by atoms with Gasteiger partial charge >= 0.3 is 5.97 Å². The van der Waals surface area contributed by atoms with Gasteiger partial charge in [0.1, 0.15) is 12.1 Å². The van der Waals surface area contributed by atoms with E-state index in [-0.39, 0.29) is 12.5 Å². The normalized spacial score (nSPS) is 15.9. The highest BCUT2D eigenvalue weighted by molar-refractivity contribution is 7.89. The van der Waals surface area contributed by atoms with E-state index in [1.807, 2.05) is 16.9 Å². The molecule has 2 amide bonds. The molecule has 158 valence electrons. The monoisotopic (exact) mass is 425 g/mol. The van der Waals surface area contributed by atoms with E-state index in [4.69, 9.17) is 0 Å². The first-order valence-electron chi connectivity index (χ1n) is 8.95. The zero-order valence-corrected chi connectivity index (χ0v) is 16.9. The number of Topliss-reactive ketones (excluding diaryl/α,β-unsaturated/α-hetero) is 1. The van der Waals surface area contributed by atoms with E-state index >= 15 is 0 Å². The van der Waals surface area contributed by atoms with Crippen LogP contribution in [-0.4, -0.2) is 72.9 Å². The Bertz CT molecular complexity index is 929. The molecule has 2 rings (SSSR count). The van der Waals surface area contributed by atoms with Crippen LogP contribution in [0.4, 0.5) is 0 Å². The average molecular weight is 425 g/mol. The number of aliphatic carboxylic acids is 1. The molecule has 2 unspecified atom stereocenters. The number of carbonyl (C=O) groups excluding carboxylic acids is 3. The van der Waals surface area contributed by atoms with Crippen molar-refractivity contribution in [2.75, 3.05) is 18.8 Å². The Morgan fingerprint density at radius 2 is 1.86 bits per heavy atom. The summed E-state index contributed by atoms with van der Waals surface area (Å²) in [4.78, 5) is 49.7. The molecule has 0 bridgehead atoms. The standard InChI is InChI=1S/C18H23N3O7S/c1-3-29(27,28)20-16(18(25)26)15(11(2)22)19-14(23)10-21-9-8-12-6-4-5-7-13(12)17(21)24/h4-7,15-16,20H,3,8-10H2,1-2H3,(H,19,23)(H,25,26). The van der Waals surface area contributed by atoms with Gasteiger partial charge in [-0.25, -0.2) is 8.42 Å². The lowest BCUT2D eigenvalue weighted by Crippen LogP contribution is -2.60. The quantitative estimate of drug-likeness (QED) is 0.466. The highest BCUT2D eigenvalue weighted by atomic mass is 32.2. The number of carboxylic acid groups (broad SMARTS) is 1. The fraction of sp³-hybridized carbons (Fsp3) is 0.444. The molecule has 1 heterocycles. The summed E-state index contributed by atoms with van der Waals surface area (Å²) < 4.78 is 25.4. The van der Waals surface area contributed by atoms with Crippen LogP contribution in [0.15, 0.2) is 24.3 Å². The third-order valence-corrected chi connectivity index (χ3v) is 5.93. The molecule has 1 aromatic rings. The van der Waals surface area contributed by atoms with Crippen molar-refractivity contribution in [2.24, 2.45) is 0 Å². The summed E-state index contributed by atoms with van der Waals surface area (Å²) in [5.74, 6) is -3.84. The molecule has 2 atom stereocenters. The summed E-state index contributed by atoms with van der Waals surface area (Å²) in [7, 11) is -3.95. The summed E-state index contributed by atoms with van der Waals surface area (Å²) in [6, 6.07) is 3.53. The van der Waals surface area contributed by atoms with Gasteiger partial charge in [0, 0.05) is 12.1 Å². The third-order valence-electron chi connectivity index (χ3n) is 4.56. The fourth-order valence-corrected chi connectivity index (χ4v) is 3.77. The van der Waals surface area contributed by atoms with Crippen LogP contribution in [0.3, 0.4) is 0 Å². The van der Waals surface area contributed by atoms with Crippen LogP contribution in [0.1, 0.15) is 29.8 Å². The minimum atomic E-state index is -3.95. The fourth-order valence-electron chi connectivity index (χ4n) is 2.98. The number of sulfonamides is 1. The molecule has 11 heteroatoms. The second-order valence-corrected chi connectivity index (χ2v) is 8.67. The predicted molar refractivity (Wildman–Crippen MR) is 103 cm³/mol. The molecule has 0 radical (unpaired) electrons. The van der Waals surface area contributed by atoms with Crippen LogP contribution in [0.25, 0.3) is 0 Å². The molecule has 1 aromatic carbocycles. The highest BCUT2D eigenvalue weighted by Crippen LogP contribution is 2.18. The number of rotatable bonds is 9. The zero-order chi connectivity index (χ0) is 21.8. The SMILES string of the molecule is CCS(=O)(=O)NC(C(=O)O)C(NC(=O)CN1CCc2ccccc2C1=O)C(C)=O. The number of ketones is 1. The summed E-state index contributed by atoms with van der Waals surface area (Å²) in [5, 5.41) is 11.6. The van der Waals surface area contributed by atoms with E-state index in [1.165, 1.54) is 11.8 Å². The number of amides is 2. The van der Waals surface area contributed by atoms with Crippen molar-refractivity contribution >= 4 is 33.6 Å². The predicted octanol–water partition coefficient (Wildman–Crippen LogP) is -0.849. The Kier molecular flexibility index (Phi) is 7.09. The Balaban J connectivity index is 2.12. The van der Waals surface area contributed by atoms with Crippen molar-refractivity contribution in [1.29, 1.82) is 0 Å². The number of nitrogens with one attached hydrogen (secondary N) is 2. The van der Waals surface area contributed by atoms with Crippen molar-refractivity contribution in [1.82, 2.24) is 14.9 Å². The Morgan fingerprint density at radius 3 is 2.45 bits per heavy atom. The van der Waals surface area contributed by atoms with E-state index in [2.05, 4.69) is 5.32 Å². The minimum Gasteiger partial charge on any atom is -0.480 e. The molecule has 0 saturated carbocycles. The molecule has 1 aliphatic heterocycles. The van der Waals surface area contributed by atoms with E-state index < -0.39 is 45.5 Å². The molecule has 0 fully saturated rings. The lowest BCUT2D eigenvalue weighted by atomic mass is 9.99. The molecule has 0 spiro atoms. The lowest BCUT2D eigenvalue weighted by Gasteiger charge is -2.29. The van der Waals surface area contributed by atoms with Crippen molar-refractivity contribution in [3.8, 4) is 0 Å². The highest BCUT2D eigenvalue weighted by Gasteiger charge is 2.36. The number of nitrogens with zero attached hydrogens (tertiary/aromatic N) is 1. The third kappa shape index (κ3) is 5.61. The summed E-state index contributed by atoms with van der Waals surface area (Å²) in [5.41, 5.74) is 1.35. The smallest absolute Gasteiger partial charge is 0.324 e. The second kappa shape index (κ2) is 9.14. The molecular weight excluding hydrogens is 402 g/mol. The van der Waals surface area contributed by atoms with E-state index in [9.17, 15) is 32.7 Å². The van der Waals surface area contributed by atoms with Gasteiger partial charge in [0.2, 0.25) is 15.9 Å². The van der Waals surface area contributed by atoms with Gasteiger partial charge in [-0.2, -0.15) is 4.72 Å². The molecule has 10 nitrogen and oxygen atoms in total. The topological polar surface area (TPSA) is 150 Å². The number of hydrogen-bond acceptors (Lipinski definition) is 6. The molecule has 3 N–H and O–H groups in total. The minimum absolute atomic E-state index is 0.291. The van der Waals surface area contributed by atoms with E-state index in [1.54, 1.807) is 12.1 Å². The van der Waals surface area contributed by atoms with Gasteiger partial charge in [-0.15, -0.1) is 0 Å². The van der Waals surface area contributed by atoms with Crippen LogP contribution in [0.2, 0.25) is 0 Å². The number of carboxylic acids is 1. The van der Waals surface area contributed by atoms with Gasteiger partial charge in [0.15, 0.2) is 5.78 Å². The van der Waals surface area contributed by atoms with E-state index in [0.717, 1.165) is 12.5 Å². The largest absolute Gasteiger partial charge is 0.480 e. The van der Waals surface area contributed by atoms with Gasteiger partial charge in [-0.1, -0.05) is 18.2 Å².